The van der Waals surface area contributed by atoms with E-state index >= 15 is 0 Å². The van der Waals surface area contributed by atoms with Gasteiger partial charge in [0.2, 0.25) is 9.05 Å². The second-order valence-electron chi connectivity index (χ2n) is 3.44. The molecule has 0 atom stereocenters. The average molecular weight is 252 g/mol. The van der Waals surface area contributed by atoms with Crippen LogP contribution in [0.25, 0.3) is 0 Å². The second-order valence-corrected chi connectivity index (χ2v) is 7.23. The molecule has 0 saturated heterocycles. The van der Waals surface area contributed by atoms with Gasteiger partial charge in [-0.2, -0.15) is 0 Å². The molecule has 0 N–H and O–H groups in total. The van der Waals surface area contributed by atoms with Crippen LogP contribution < -0.4 is 0 Å². The summed E-state index contributed by atoms with van der Waals surface area (Å²) in [7, 11) is 1.73. The zero-order chi connectivity index (χ0) is 10.2. The largest absolute Gasteiger partial charge is 0.246 e. The maximum atomic E-state index is 10.7. The first-order valence-electron chi connectivity index (χ1n) is 4.41. The highest BCUT2D eigenvalue weighted by Crippen LogP contribution is 2.41. The molecule has 0 amide bonds. The van der Waals surface area contributed by atoms with Crippen molar-refractivity contribution in [2.45, 2.75) is 25.2 Å². The van der Waals surface area contributed by atoms with Crippen molar-refractivity contribution in [3.8, 4) is 0 Å². The van der Waals surface area contributed by atoms with Gasteiger partial charge >= 0.3 is 0 Å². The van der Waals surface area contributed by atoms with Gasteiger partial charge in [-0.05, 0) is 12.8 Å². The van der Waals surface area contributed by atoms with Crippen molar-refractivity contribution in [2.75, 3.05) is 5.75 Å². The summed E-state index contributed by atoms with van der Waals surface area (Å²) in [6, 6.07) is 0. The Morgan fingerprint density at radius 3 is 2.86 bits per heavy atom. The third-order valence-electron chi connectivity index (χ3n) is 2.10. The molecule has 1 saturated carbocycles. The van der Waals surface area contributed by atoms with Crippen molar-refractivity contribution in [1.82, 2.24) is 4.98 Å². The summed E-state index contributed by atoms with van der Waals surface area (Å²) in [5.41, 5.74) is 0.848. The van der Waals surface area contributed by atoms with Crippen molar-refractivity contribution in [3.05, 3.63) is 16.1 Å². The summed E-state index contributed by atoms with van der Waals surface area (Å²) in [4.78, 5) is 4.37. The molecule has 14 heavy (non-hydrogen) atoms. The number of nitrogens with zero attached hydrogens (tertiary/aromatic N) is 1. The molecule has 0 unspecified atom stereocenters. The Morgan fingerprint density at radius 1 is 1.57 bits per heavy atom. The van der Waals surface area contributed by atoms with E-state index in [1.807, 2.05) is 5.38 Å². The third-order valence-corrected chi connectivity index (χ3v) is 4.31. The van der Waals surface area contributed by atoms with Gasteiger partial charge in [-0.1, -0.05) is 0 Å². The van der Waals surface area contributed by atoms with Crippen LogP contribution in [-0.4, -0.2) is 19.2 Å². The highest BCUT2D eigenvalue weighted by Gasteiger charge is 2.26. The highest BCUT2D eigenvalue weighted by molar-refractivity contribution is 8.13. The molecule has 1 aromatic heterocycles. The van der Waals surface area contributed by atoms with Crippen LogP contribution in [0.15, 0.2) is 5.38 Å². The minimum absolute atomic E-state index is 0.0254. The molecular formula is C8H10ClNO2S2. The van der Waals surface area contributed by atoms with E-state index in [9.17, 15) is 8.42 Å². The number of aromatic nitrogens is 1. The number of thiazole rings is 1. The van der Waals surface area contributed by atoms with Gasteiger partial charge in [0.25, 0.3) is 0 Å². The van der Waals surface area contributed by atoms with E-state index in [-0.39, 0.29) is 5.75 Å². The van der Waals surface area contributed by atoms with Gasteiger partial charge in [-0.25, -0.2) is 13.4 Å². The topological polar surface area (TPSA) is 47.0 Å². The lowest BCUT2D eigenvalue weighted by Crippen LogP contribution is -2.01. The van der Waals surface area contributed by atoms with Crippen LogP contribution >= 0.6 is 22.0 Å². The van der Waals surface area contributed by atoms with E-state index in [1.54, 1.807) is 11.3 Å². The molecule has 1 heterocycles. The van der Waals surface area contributed by atoms with Crippen molar-refractivity contribution in [1.29, 1.82) is 0 Å². The lowest BCUT2D eigenvalue weighted by Gasteiger charge is -1.92. The van der Waals surface area contributed by atoms with Crippen molar-refractivity contribution >= 4 is 31.1 Å². The van der Waals surface area contributed by atoms with Crippen molar-refractivity contribution < 1.29 is 8.42 Å². The molecule has 3 nitrogen and oxygen atoms in total. The van der Waals surface area contributed by atoms with Gasteiger partial charge in [0.05, 0.1) is 16.5 Å². The highest BCUT2D eigenvalue weighted by atomic mass is 35.7. The Labute approximate surface area is 91.5 Å². The molecule has 1 aliphatic carbocycles. The lowest BCUT2D eigenvalue weighted by atomic mass is 10.4. The van der Waals surface area contributed by atoms with Crippen LogP contribution in [0, 0.1) is 0 Å². The molecule has 2 rings (SSSR count). The molecule has 0 spiro atoms. The first kappa shape index (κ1) is 10.4. The molecular weight excluding hydrogens is 242 g/mol. The van der Waals surface area contributed by atoms with Crippen LogP contribution in [0.1, 0.15) is 29.5 Å². The standard InChI is InChI=1S/C8H10ClNO2S2/c9-14(11,12)4-3-7-5-13-8(10-7)6-1-2-6/h5-6H,1-4H2. The second kappa shape index (κ2) is 3.79. The Bertz CT molecular complexity index is 422. The minimum atomic E-state index is -3.38. The molecule has 0 radical (unpaired) electrons. The van der Waals surface area contributed by atoms with Gasteiger partial charge in [-0.3, -0.25) is 0 Å². The van der Waals surface area contributed by atoms with E-state index in [1.165, 1.54) is 12.8 Å². The Hall–Kier alpha value is -0.130. The van der Waals surface area contributed by atoms with E-state index < -0.39 is 9.05 Å². The van der Waals surface area contributed by atoms with Crippen LogP contribution in [0.4, 0.5) is 0 Å². The summed E-state index contributed by atoms with van der Waals surface area (Å²) in [6.07, 6.45) is 2.87. The van der Waals surface area contributed by atoms with Gasteiger partial charge < -0.3 is 0 Å². The van der Waals surface area contributed by atoms with Crippen LogP contribution in [0.2, 0.25) is 0 Å². The van der Waals surface area contributed by atoms with Crippen molar-refractivity contribution in [3.63, 3.8) is 0 Å². The number of aryl methyl sites for hydroxylation is 1. The molecule has 78 valence electrons. The summed E-state index contributed by atoms with van der Waals surface area (Å²) >= 11 is 1.62. The smallest absolute Gasteiger partial charge is 0.232 e. The molecule has 0 aliphatic heterocycles. The molecule has 0 aromatic carbocycles. The molecule has 0 bridgehead atoms. The molecule has 1 aliphatic rings. The van der Waals surface area contributed by atoms with E-state index in [0.29, 0.717) is 12.3 Å². The van der Waals surface area contributed by atoms with Crippen molar-refractivity contribution in [2.24, 2.45) is 0 Å². The maximum Gasteiger partial charge on any atom is 0.232 e. The normalized spacial score (nSPS) is 17.2. The van der Waals surface area contributed by atoms with Crippen LogP contribution in [0.5, 0.6) is 0 Å². The van der Waals surface area contributed by atoms with Crippen LogP contribution in [0.3, 0.4) is 0 Å². The third kappa shape index (κ3) is 2.93. The molecule has 6 heteroatoms. The SMILES string of the molecule is O=S(=O)(Cl)CCc1csc(C2CC2)n1. The zero-order valence-corrected chi connectivity index (χ0v) is 9.83. The summed E-state index contributed by atoms with van der Waals surface area (Å²) in [6.45, 7) is 0. The van der Waals surface area contributed by atoms with E-state index in [2.05, 4.69) is 4.98 Å². The predicted molar refractivity (Wildman–Crippen MR) is 57.4 cm³/mol. The zero-order valence-electron chi connectivity index (χ0n) is 7.44. The maximum absolute atomic E-state index is 10.7. The number of halogens is 1. The monoisotopic (exact) mass is 251 g/mol. The number of rotatable bonds is 4. The molecule has 1 fully saturated rings. The predicted octanol–water partition coefficient (Wildman–Crippen LogP) is 2.13. The Morgan fingerprint density at radius 2 is 2.29 bits per heavy atom. The fraction of sp³-hybridized carbons (Fsp3) is 0.625. The Kier molecular flexibility index (Phi) is 2.81. The number of hydrogen-bond acceptors (Lipinski definition) is 4. The van der Waals surface area contributed by atoms with E-state index in [0.717, 1.165) is 10.7 Å². The van der Waals surface area contributed by atoms with Crippen LogP contribution in [-0.2, 0) is 15.5 Å². The Balaban J connectivity index is 1.96. The lowest BCUT2D eigenvalue weighted by molar-refractivity contribution is 0.608. The van der Waals surface area contributed by atoms with Gasteiger partial charge in [0.15, 0.2) is 0 Å². The first-order valence-corrected chi connectivity index (χ1v) is 7.77. The fourth-order valence-corrected chi connectivity index (χ4v) is 2.89. The number of hydrogen-bond donors (Lipinski definition) is 0. The fourth-order valence-electron chi connectivity index (χ4n) is 1.18. The quantitative estimate of drug-likeness (QED) is 0.771. The van der Waals surface area contributed by atoms with Gasteiger partial charge in [-0.15, -0.1) is 11.3 Å². The minimum Gasteiger partial charge on any atom is -0.246 e. The summed E-state index contributed by atoms with van der Waals surface area (Å²) < 4.78 is 21.4. The van der Waals surface area contributed by atoms with E-state index in [4.69, 9.17) is 10.7 Å². The van der Waals surface area contributed by atoms with Gasteiger partial charge in [0.1, 0.15) is 0 Å². The van der Waals surface area contributed by atoms with Gasteiger partial charge in [0, 0.05) is 28.4 Å². The summed E-state index contributed by atoms with van der Waals surface area (Å²) in [5, 5.41) is 3.07. The average Bonchev–Trinajstić information content (AvgIpc) is 2.81. The first-order chi connectivity index (χ1) is 6.54. The summed E-state index contributed by atoms with van der Waals surface area (Å²) in [5.74, 6) is 0.615. The molecule has 1 aromatic rings.